The van der Waals surface area contributed by atoms with E-state index in [4.69, 9.17) is 5.73 Å². The molecule has 0 saturated carbocycles. The molecule has 2 rings (SSSR count). The van der Waals surface area contributed by atoms with E-state index in [-0.39, 0.29) is 11.8 Å². The smallest absolute Gasteiger partial charge is 0.319 e. The monoisotopic (exact) mass is 273 g/mol. The molecule has 0 aromatic heterocycles. The average Bonchev–Trinajstić information content (AvgIpc) is 2.47. The zero-order valence-electron chi connectivity index (χ0n) is 10.9. The van der Waals surface area contributed by atoms with Crippen molar-refractivity contribution in [1.29, 1.82) is 0 Å². The average molecular weight is 273 g/mol. The molecule has 0 spiro atoms. The van der Waals surface area contributed by atoms with Crippen LogP contribution in [0.5, 0.6) is 0 Å². The lowest BCUT2D eigenvalue weighted by Gasteiger charge is -2.08. The van der Waals surface area contributed by atoms with Crippen molar-refractivity contribution in [3.8, 4) is 0 Å². The second kappa shape index (κ2) is 6.68. The van der Waals surface area contributed by atoms with Gasteiger partial charge in [0.2, 0.25) is 0 Å². The van der Waals surface area contributed by atoms with Crippen LogP contribution in [0, 0.1) is 5.82 Å². The fourth-order valence-corrected chi connectivity index (χ4v) is 1.68. The van der Waals surface area contributed by atoms with Gasteiger partial charge in [-0.2, -0.15) is 0 Å². The summed E-state index contributed by atoms with van der Waals surface area (Å²) >= 11 is 0. The highest BCUT2D eigenvalue weighted by molar-refractivity contribution is 5.89. The minimum Gasteiger partial charge on any atom is -0.334 e. The van der Waals surface area contributed by atoms with Crippen molar-refractivity contribution < 1.29 is 9.18 Å². The summed E-state index contributed by atoms with van der Waals surface area (Å²) in [7, 11) is 0. The Morgan fingerprint density at radius 1 is 1.00 bits per heavy atom. The molecule has 0 saturated heterocycles. The first-order valence-electron chi connectivity index (χ1n) is 6.25. The number of benzene rings is 2. The summed E-state index contributed by atoms with van der Waals surface area (Å²) in [6, 6.07) is 13.0. The lowest BCUT2D eigenvalue weighted by Crippen LogP contribution is -2.28. The molecule has 0 aliphatic rings. The highest BCUT2D eigenvalue weighted by Gasteiger charge is 2.02. The normalized spacial score (nSPS) is 10.1. The van der Waals surface area contributed by atoms with Gasteiger partial charge in [-0.25, -0.2) is 9.18 Å². The van der Waals surface area contributed by atoms with E-state index >= 15 is 0 Å². The number of carbonyl (C=O) groups is 1. The van der Waals surface area contributed by atoms with Gasteiger partial charge in [-0.1, -0.05) is 24.3 Å². The van der Waals surface area contributed by atoms with Crippen molar-refractivity contribution in [3.63, 3.8) is 0 Å². The van der Waals surface area contributed by atoms with Gasteiger partial charge in [0, 0.05) is 18.8 Å². The van der Waals surface area contributed by atoms with Crippen LogP contribution in [0.1, 0.15) is 11.1 Å². The molecule has 0 unspecified atom stereocenters. The van der Waals surface area contributed by atoms with Gasteiger partial charge >= 0.3 is 6.03 Å². The van der Waals surface area contributed by atoms with Crippen molar-refractivity contribution in [1.82, 2.24) is 5.32 Å². The minimum atomic E-state index is -0.310. The zero-order chi connectivity index (χ0) is 14.4. The van der Waals surface area contributed by atoms with Gasteiger partial charge in [0.05, 0.1) is 0 Å². The number of hydrogen-bond acceptors (Lipinski definition) is 2. The first kappa shape index (κ1) is 14.0. The van der Waals surface area contributed by atoms with E-state index < -0.39 is 0 Å². The molecule has 2 aromatic carbocycles. The van der Waals surface area contributed by atoms with Crippen LogP contribution >= 0.6 is 0 Å². The molecule has 0 bridgehead atoms. The molecule has 0 aliphatic heterocycles. The topological polar surface area (TPSA) is 67.1 Å². The van der Waals surface area contributed by atoms with Gasteiger partial charge in [-0.15, -0.1) is 0 Å². The molecule has 0 fully saturated rings. The molecular formula is C15H16FN3O. The maximum atomic E-state index is 12.7. The van der Waals surface area contributed by atoms with Gasteiger partial charge in [-0.05, 0) is 35.4 Å². The van der Waals surface area contributed by atoms with E-state index in [1.807, 2.05) is 12.1 Å². The molecule has 5 heteroatoms. The second-order valence-corrected chi connectivity index (χ2v) is 4.34. The predicted molar refractivity (Wildman–Crippen MR) is 76.6 cm³/mol. The van der Waals surface area contributed by atoms with E-state index in [9.17, 15) is 9.18 Å². The Hall–Kier alpha value is -2.40. The SMILES string of the molecule is NCc1ccc(NC(=O)NCc2ccc(F)cc2)cc1. The van der Waals surface area contributed by atoms with Crippen molar-refractivity contribution >= 4 is 11.7 Å². The highest BCUT2D eigenvalue weighted by atomic mass is 19.1. The number of anilines is 1. The summed E-state index contributed by atoms with van der Waals surface area (Å²) in [6.07, 6.45) is 0. The quantitative estimate of drug-likeness (QED) is 0.801. The Kier molecular flexibility index (Phi) is 4.68. The Morgan fingerprint density at radius 3 is 2.20 bits per heavy atom. The first-order chi connectivity index (χ1) is 9.67. The van der Waals surface area contributed by atoms with E-state index in [0.29, 0.717) is 18.8 Å². The lowest BCUT2D eigenvalue weighted by atomic mass is 10.2. The van der Waals surface area contributed by atoms with Gasteiger partial charge in [0.25, 0.3) is 0 Å². The number of carbonyl (C=O) groups excluding carboxylic acids is 1. The number of amides is 2. The number of rotatable bonds is 4. The fourth-order valence-electron chi connectivity index (χ4n) is 1.68. The van der Waals surface area contributed by atoms with Crippen LogP contribution in [0.3, 0.4) is 0 Å². The largest absolute Gasteiger partial charge is 0.334 e. The van der Waals surface area contributed by atoms with Gasteiger partial charge in [-0.3, -0.25) is 0 Å². The fraction of sp³-hybridized carbons (Fsp3) is 0.133. The van der Waals surface area contributed by atoms with Crippen LogP contribution in [-0.4, -0.2) is 6.03 Å². The van der Waals surface area contributed by atoms with Gasteiger partial charge in [0.15, 0.2) is 0 Å². The van der Waals surface area contributed by atoms with Crippen LogP contribution < -0.4 is 16.4 Å². The summed E-state index contributed by atoms with van der Waals surface area (Å²) in [6.45, 7) is 0.810. The number of urea groups is 1. The van der Waals surface area contributed by atoms with Crippen molar-refractivity contribution in [2.75, 3.05) is 5.32 Å². The molecule has 0 atom stereocenters. The maximum Gasteiger partial charge on any atom is 0.319 e. The van der Waals surface area contributed by atoms with Crippen LogP contribution in [0.4, 0.5) is 14.9 Å². The summed E-state index contributed by atoms with van der Waals surface area (Å²) in [5.41, 5.74) is 8.03. The number of hydrogen-bond donors (Lipinski definition) is 3. The third-order valence-electron chi connectivity index (χ3n) is 2.81. The summed E-state index contributed by atoms with van der Waals surface area (Å²) < 4.78 is 12.7. The predicted octanol–water partition coefficient (Wildman–Crippen LogP) is 2.61. The second-order valence-electron chi connectivity index (χ2n) is 4.34. The van der Waals surface area contributed by atoms with E-state index in [1.165, 1.54) is 12.1 Å². The number of halogens is 1. The maximum absolute atomic E-state index is 12.7. The van der Waals surface area contributed by atoms with Crippen LogP contribution in [0.2, 0.25) is 0 Å². The Balaban J connectivity index is 1.84. The van der Waals surface area contributed by atoms with Crippen molar-refractivity contribution in [3.05, 3.63) is 65.5 Å². The van der Waals surface area contributed by atoms with Gasteiger partial charge < -0.3 is 16.4 Å². The number of nitrogens with two attached hydrogens (primary N) is 1. The molecule has 20 heavy (non-hydrogen) atoms. The highest BCUT2D eigenvalue weighted by Crippen LogP contribution is 2.09. The molecule has 104 valence electrons. The Morgan fingerprint density at radius 2 is 1.60 bits per heavy atom. The van der Waals surface area contributed by atoms with Crippen LogP contribution in [-0.2, 0) is 13.1 Å². The molecule has 0 heterocycles. The molecule has 0 radical (unpaired) electrons. The third-order valence-corrected chi connectivity index (χ3v) is 2.81. The third kappa shape index (κ3) is 4.07. The minimum absolute atomic E-state index is 0.293. The van der Waals surface area contributed by atoms with E-state index in [1.54, 1.807) is 24.3 Å². The van der Waals surface area contributed by atoms with Crippen molar-refractivity contribution in [2.45, 2.75) is 13.1 Å². The molecule has 4 N–H and O–H groups in total. The molecular weight excluding hydrogens is 257 g/mol. The lowest BCUT2D eigenvalue weighted by molar-refractivity contribution is 0.251. The summed E-state index contributed by atoms with van der Waals surface area (Å²) in [5, 5.41) is 5.41. The Bertz CT molecular complexity index is 567. The molecule has 2 aromatic rings. The van der Waals surface area contributed by atoms with Gasteiger partial charge in [0.1, 0.15) is 5.82 Å². The molecule has 0 aliphatic carbocycles. The standard InChI is InChI=1S/C15H16FN3O/c16-13-5-1-12(2-6-13)10-18-15(20)19-14-7-3-11(9-17)4-8-14/h1-8H,9-10,17H2,(H2,18,19,20). The molecule has 4 nitrogen and oxygen atoms in total. The van der Waals surface area contributed by atoms with Crippen LogP contribution in [0.25, 0.3) is 0 Å². The van der Waals surface area contributed by atoms with Crippen molar-refractivity contribution in [2.24, 2.45) is 5.73 Å². The Labute approximate surface area is 116 Å². The van der Waals surface area contributed by atoms with Crippen LogP contribution in [0.15, 0.2) is 48.5 Å². The zero-order valence-corrected chi connectivity index (χ0v) is 10.9. The number of nitrogens with one attached hydrogen (secondary N) is 2. The first-order valence-corrected chi connectivity index (χ1v) is 6.25. The molecule has 2 amide bonds. The van der Waals surface area contributed by atoms with E-state index in [2.05, 4.69) is 10.6 Å². The summed E-state index contributed by atoms with van der Waals surface area (Å²) in [5.74, 6) is -0.293. The summed E-state index contributed by atoms with van der Waals surface area (Å²) in [4.78, 5) is 11.7. The van der Waals surface area contributed by atoms with E-state index in [0.717, 1.165) is 11.1 Å².